The first kappa shape index (κ1) is 33.6. The van der Waals surface area contributed by atoms with Gasteiger partial charge in [0.1, 0.15) is 35.6 Å². The van der Waals surface area contributed by atoms with Gasteiger partial charge in [-0.15, -0.1) is 0 Å². The topological polar surface area (TPSA) is 177 Å². The predicted molar refractivity (Wildman–Crippen MR) is 176 cm³/mol. The van der Waals surface area contributed by atoms with E-state index in [0.29, 0.717) is 48.1 Å². The van der Waals surface area contributed by atoms with E-state index in [-0.39, 0.29) is 17.4 Å². The zero-order valence-corrected chi connectivity index (χ0v) is 26.7. The Balaban J connectivity index is 1.17. The maximum Gasteiger partial charge on any atom is 0.335 e. The highest BCUT2D eigenvalue weighted by Gasteiger charge is 2.64. The zero-order chi connectivity index (χ0) is 35.4. The van der Waals surface area contributed by atoms with Crippen LogP contribution in [0.1, 0.15) is 42.9 Å². The van der Waals surface area contributed by atoms with Crippen molar-refractivity contribution in [2.75, 3.05) is 4.90 Å². The molecule has 6 atom stereocenters. The van der Waals surface area contributed by atoms with Gasteiger partial charge in [-0.25, -0.2) is 9.18 Å². The fourth-order valence-electron chi connectivity index (χ4n) is 7.58. The molecule has 2 heterocycles. The number of phenolic OH excluding ortho intramolecular Hbond substituents is 1. The summed E-state index contributed by atoms with van der Waals surface area (Å²) in [6, 6.07) is 25.9. The average molecular weight is 686 g/mol. The van der Waals surface area contributed by atoms with Gasteiger partial charge in [-0.2, -0.15) is 0 Å². The van der Waals surface area contributed by atoms with Crippen molar-refractivity contribution in [1.29, 1.82) is 0 Å². The van der Waals surface area contributed by atoms with E-state index in [9.17, 15) is 44.6 Å². The quantitative estimate of drug-likeness (QED) is 0.156. The molecule has 1 saturated carbocycles. The minimum atomic E-state index is -1.86. The molecular formula is C38H36FNO10. The van der Waals surface area contributed by atoms with Gasteiger partial charge in [-0.05, 0) is 84.8 Å². The third kappa shape index (κ3) is 5.68. The van der Waals surface area contributed by atoms with Gasteiger partial charge >= 0.3 is 5.97 Å². The van der Waals surface area contributed by atoms with Crippen LogP contribution in [0.15, 0.2) is 97.1 Å². The van der Waals surface area contributed by atoms with E-state index in [1.165, 1.54) is 30.3 Å². The van der Waals surface area contributed by atoms with Crippen LogP contribution in [-0.2, 0) is 19.9 Å². The maximum absolute atomic E-state index is 14.0. The number of nitrogens with zero attached hydrogens (tertiary/aromatic N) is 1. The number of ether oxygens (including phenoxy) is 2. The number of aliphatic hydroxyl groups is 4. The lowest BCUT2D eigenvalue weighted by Gasteiger charge is -2.59. The highest BCUT2D eigenvalue weighted by molar-refractivity contribution is 6.06. The predicted octanol–water partition coefficient (Wildman–Crippen LogP) is 4.01. The summed E-state index contributed by atoms with van der Waals surface area (Å²) in [5.41, 5.74) is 0.890. The Hall–Kier alpha value is -4.85. The number of hydrogen-bond acceptors (Lipinski definition) is 9. The number of anilines is 1. The standard InChI is InChI=1S/C38H36FNO10/c39-24-10-12-25(13-11-24)40-33(37(36(40)47)15-17-38(48,18-16-37)23-6-2-1-3-7-23)27-14-9-22(20-28(27)41)21-5-4-8-26(19-21)49-35-31(44)29(42)30(43)32(50-35)34(45)46/h1-14,19-20,29-33,35,41-44,48H,15-18H2,(H,45,46)/t29-,30+,31?,32?,33+,35+,37?,38?/m0/s1. The number of amides is 1. The number of halogens is 1. The van der Waals surface area contributed by atoms with Crippen LogP contribution in [0.2, 0.25) is 0 Å². The van der Waals surface area contributed by atoms with E-state index in [1.807, 2.05) is 30.3 Å². The molecule has 50 heavy (non-hydrogen) atoms. The molecule has 3 aliphatic rings. The first-order chi connectivity index (χ1) is 23.9. The van der Waals surface area contributed by atoms with Crippen LogP contribution in [0.5, 0.6) is 11.5 Å². The number of aliphatic hydroxyl groups excluding tert-OH is 3. The number of benzene rings is 4. The Kier molecular flexibility index (Phi) is 8.61. The fourth-order valence-corrected chi connectivity index (χ4v) is 7.58. The normalized spacial score (nSPS) is 30.9. The van der Waals surface area contributed by atoms with Gasteiger partial charge in [0, 0.05) is 11.3 Å². The van der Waals surface area contributed by atoms with Crippen molar-refractivity contribution in [1.82, 2.24) is 0 Å². The molecule has 3 fully saturated rings. The number of rotatable bonds is 7. The summed E-state index contributed by atoms with van der Waals surface area (Å²) in [6.45, 7) is 0. The molecule has 1 spiro atoms. The van der Waals surface area contributed by atoms with Gasteiger partial charge in [0.15, 0.2) is 6.10 Å². The summed E-state index contributed by atoms with van der Waals surface area (Å²) in [7, 11) is 0. The smallest absolute Gasteiger partial charge is 0.335 e. The van der Waals surface area contributed by atoms with Gasteiger partial charge in [0.05, 0.1) is 17.1 Å². The molecule has 0 bridgehead atoms. The largest absolute Gasteiger partial charge is 0.508 e. The molecule has 4 aromatic rings. The second-order valence-electron chi connectivity index (χ2n) is 13.3. The van der Waals surface area contributed by atoms with E-state index in [2.05, 4.69) is 0 Å². The van der Waals surface area contributed by atoms with Gasteiger partial charge in [0.2, 0.25) is 12.2 Å². The second kappa shape index (κ2) is 12.8. The van der Waals surface area contributed by atoms with Crippen LogP contribution in [-0.4, -0.2) is 73.2 Å². The molecule has 2 unspecified atom stereocenters. The SMILES string of the molecule is O=C(O)C1O[C@@H](Oc2cccc(-c3ccc([C@H]4N(c5ccc(F)cc5)C(=O)C45CCC(O)(c4ccccc4)CC5)c(O)c3)c2)C(O)[C@@H](O)[C@H]1O. The summed E-state index contributed by atoms with van der Waals surface area (Å²) in [5.74, 6) is -2.07. The van der Waals surface area contributed by atoms with E-state index in [0.717, 1.165) is 5.56 Å². The van der Waals surface area contributed by atoms with Crippen LogP contribution in [0.3, 0.4) is 0 Å². The molecular weight excluding hydrogens is 649 g/mol. The van der Waals surface area contributed by atoms with Crippen LogP contribution in [0.25, 0.3) is 11.1 Å². The summed E-state index contributed by atoms with van der Waals surface area (Å²) < 4.78 is 24.8. The Labute approximate surface area is 286 Å². The van der Waals surface area contributed by atoms with Crippen molar-refractivity contribution in [3.05, 3.63) is 114 Å². The zero-order valence-electron chi connectivity index (χ0n) is 26.7. The first-order valence-corrected chi connectivity index (χ1v) is 16.3. The van der Waals surface area contributed by atoms with E-state index in [1.54, 1.807) is 41.3 Å². The van der Waals surface area contributed by atoms with E-state index >= 15 is 0 Å². The van der Waals surface area contributed by atoms with E-state index in [4.69, 9.17) is 9.47 Å². The van der Waals surface area contributed by atoms with Gasteiger partial charge in [-0.1, -0.05) is 54.6 Å². The van der Waals surface area contributed by atoms with Crippen molar-refractivity contribution in [2.24, 2.45) is 5.41 Å². The highest BCUT2D eigenvalue weighted by Crippen LogP contribution is 2.62. The Morgan fingerprint density at radius 1 is 0.820 bits per heavy atom. The molecule has 12 heteroatoms. The minimum Gasteiger partial charge on any atom is -0.508 e. The van der Waals surface area contributed by atoms with Crippen LogP contribution >= 0.6 is 0 Å². The molecule has 260 valence electrons. The van der Waals surface area contributed by atoms with Crippen molar-refractivity contribution in [3.63, 3.8) is 0 Å². The lowest BCUT2D eigenvalue weighted by Crippen LogP contribution is -2.65. The lowest BCUT2D eigenvalue weighted by atomic mass is 9.56. The van der Waals surface area contributed by atoms with Gasteiger partial charge < -0.3 is 45.0 Å². The molecule has 7 rings (SSSR count). The van der Waals surface area contributed by atoms with Crippen LogP contribution < -0.4 is 9.64 Å². The van der Waals surface area contributed by atoms with Gasteiger partial charge in [0.25, 0.3) is 0 Å². The third-order valence-corrected chi connectivity index (χ3v) is 10.4. The van der Waals surface area contributed by atoms with Crippen LogP contribution in [0.4, 0.5) is 10.1 Å². The average Bonchev–Trinajstić information content (AvgIpc) is 3.12. The maximum atomic E-state index is 14.0. The summed E-state index contributed by atoms with van der Waals surface area (Å²) in [4.78, 5) is 27.1. The second-order valence-corrected chi connectivity index (χ2v) is 13.3. The number of hydrogen-bond donors (Lipinski definition) is 6. The Morgan fingerprint density at radius 2 is 1.50 bits per heavy atom. The third-order valence-electron chi connectivity index (χ3n) is 10.4. The molecule has 2 aliphatic heterocycles. The fraction of sp³-hybridized carbons (Fsp3) is 0.316. The van der Waals surface area contributed by atoms with Gasteiger partial charge in [-0.3, -0.25) is 4.79 Å². The van der Waals surface area contributed by atoms with Crippen molar-refractivity contribution >= 4 is 17.6 Å². The molecule has 0 radical (unpaired) electrons. The first-order valence-electron chi connectivity index (χ1n) is 16.3. The van der Waals surface area contributed by atoms with Crippen molar-refractivity contribution in [2.45, 2.75) is 68.0 Å². The number of carboxylic acid groups (broad SMARTS) is 1. The number of phenols is 1. The molecule has 4 aromatic carbocycles. The van der Waals surface area contributed by atoms with E-state index < -0.39 is 59.6 Å². The molecule has 1 aliphatic carbocycles. The number of β-lactam (4-membered cyclic amide) rings is 1. The molecule has 2 saturated heterocycles. The molecule has 0 aromatic heterocycles. The summed E-state index contributed by atoms with van der Waals surface area (Å²) >= 11 is 0. The number of carbonyl (C=O) groups excluding carboxylic acids is 1. The van der Waals surface area contributed by atoms with Crippen molar-refractivity contribution < 1.29 is 54.1 Å². The highest BCUT2D eigenvalue weighted by atomic mass is 19.1. The molecule has 11 nitrogen and oxygen atoms in total. The Bertz CT molecular complexity index is 1900. The number of carboxylic acids is 1. The monoisotopic (exact) mass is 685 g/mol. The minimum absolute atomic E-state index is 0.0888. The lowest BCUT2D eigenvalue weighted by molar-refractivity contribution is -0.271. The Morgan fingerprint density at radius 3 is 2.16 bits per heavy atom. The number of aliphatic carboxylic acids is 1. The number of aromatic hydroxyl groups is 1. The molecule has 1 amide bonds. The number of carbonyl (C=O) groups is 2. The summed E-state index contributed by atoms with van der Waals surface area (Å²) in [6.07, 6.45) is -7.43. The van der Waals surface area contributed by atoms with Crippen LogP contribution in [0, 0.1) is 11.2 Å². The van der Waals surface area contributed by atoms with Crippen molar-refractivity contribution in [3.8, 4) is 22.6 Å². The molecule has 6 N–H and O–H groups in total. The summed E-state index contributed by atoms with van der Waals surface area (Å²) in [5, 5.41) is 63.0.